The number of rotatable bonds is 4. The lowest BCUT2D eigenvalue weighted by molar-refractivity contribution is 0.174. The molecule has 1 fully saturated rings. The van der Waals surface area contributed by atoms with E-state index in [0.29, 0.717) is 12.8 Å². The SMILES string of the molecule is c1cc2cc3c(cc2c(NCCC2CCCN2)n1)OCO3. The number of hydrogen-bond donors (Lipinski definition) is 2. The fourth-order valence-corrected chi connectivity index (χ4v) is 3.07. The van der Waals surface area contributed by atoms with Gasteiger partial charge >= 0.3 is 0 Å². The molecule has 110 valence electrons. The molecule has 1 atom stereocenters. The van der Waals surface area contributed by atoms with Gasteiger partial charge in [-0.15, -0.1) is 0 Å². The third-order valence-corrected chi connectivity index (χ3v) is 4.21. The van der Waals surface area contributed by atoms with Crippen molar-refractivity contribution in [2.24, 2.45) is 0 Å². The van der Waals surface area contributed by atoms with E-state index in [1.807, 2.05) is 24.4 Å². The lowest BCUT2D eigenvalue weighted by atomic mass is 10.1. The van der Waals surface area contributed by atoms with Crippen molar-refractivity contribution in [3.8, 4) is 11.5 Å². The molecule has 3 heterocycles. The summed E-state index contributed by atoms with van der Waals surface area (Å²) in [7, 11) is 0. The molecule has 2 aliphatic rings. The van der Waals surface area contributed by atoms with E-state index in [9.17, 15) is 0 Å². The van der Waals surface area contributed by atoms with Crippen molar-refractivity contribution in [3.05, 3.63) is 24.4 Å². The van der Waals surface area contributed by atoms with E-state index in [1.165, 1.54) is 12.8 Å². The maximum atomic E-state index is 5.46. The summed E-state index contributed by atoms with van der Waals surface area (Å²) in [6.07, 6.45) is 5.54. The highest BCUT2D eigenvalue weighted by molar-refractivity contribution is 5.94. The van der Waals surface area contributed by atoms with Crippen LogP contribution < -0.4 is 20.1 Å². The average Bonchev–Trinajstić information content (AvgIpc) is 3.16. The smallest absolute Gasteiger partial charge is 0.231 e. The molecule has 1 saturated heterocycles. The molecule has 2 aromatic rings. The van der Waals surface area contributed by atoms with Gasteiger partial charge in [-0.05, 0) is 49.4 Å². The van der Waals surface area contributed by atoms with Crippen LogP contribution in [-0.2, 0) is 0 Å². The molecular weight excluding hydrogens is 266 g/mol. The predicted molar refractivity (Wildman–Crippen MR) is 82.0 cm³/mol. The molecule has 1 unspecified atom stereocenters. The molecule has 0 radical (unpaired) electrons. The molecule has 0 amide bonds. The van der Waals surface area contributed by atoms with Crippen LogP contribution in [0.2, 0.25) is 0 Å². The molecule has 0 bridgehead atoms. The van der Waals surface area contributed by atoms with Crippen LogP contribution in [-0.4, -0.2) is 30.9 Å². The van der Waals surface area contributed by atoms with Crippen LogP contribution >= 0.6 is 0 Å². The number of nitrogens with one attached hydrogen (secondary N) is 2. The number of fused-ring (bicyclic) bond motifs is 2. The number of anilines is 1. The predicted octanol–water partition coefficient (Wildman–Crippen LogP) is 2.52. The highest BCUT2D eigenvalue weighted by Gasteiger charge is 2.16. The highest BCUT2D eigenvalue weighted by Crippen LogP contribution is 2.37. The molecule has 0 spiro atoms. The number of benzene rings is 1. The van der Waals surface area contributed by atoms with Crippen LogP contribution in [0.3, 0.4) is 0 Å². The summed E-state index contributed by atoms with van der Waals surface area (Å²) >= 11 is 0. The van der Waals surface area contributed by atoms with E-state index in [-0.39, 0.29) is 0 Å². The minimum Gasteiger partial charge on any atom is -0.454 e. The largest absolute Gasteiger partial charge is 0.454 e. The zero-order valence-corrected chi connectivity index (χ0v) is 11.9. The van der Waals surface area contributed by atoms with Gasteiger partial charge in [0.15, 0.2) is 11.5 Å². The van der Waals surface area contributed by atoms with E-state index in [2.05, 4.69) is 15.6 Å². The molecule has 1 aromatic carbocycles. The van der Waals surface area contributed by atoms with E-state index >= 15 is 0 Å². The van der Waals surface area contributed by atoms with Crippen LogP contribution in [0.1, 0.15) is 19.3 Å². The number of hydrogen-bond acceptors (Lipinski definition) is 5. The monoisotopic (exact) mass is 285 g/mol. The van der Waals surface area contributed by atoms with Gasteiger partial charge in [0.25, 0.3) is 0 Å². The number of pyridine rings is 1. The van der Waals surface area contributed by atoms with Crippen molar-refractivity contribution in [3.63, 3.8) is 0 Å². The van der Waals surface area contributed by atoms with Gasteiger partial charge in [-0.1, -0.05) is 0 Å². The lowest BCUT2D eigenvalue weighted by Crippen LogP contribution is -2.24. The Morgan fingerprint density at radius 1 is 1.29 bits per heavy atom. The molecule has 5 heteroatoms. The Labute approximate surface area is 123 Å². The Bertz CT molecular complexity index is 653. The van der Waals surface area contributed by atoms with Gasteiger partial charge < -0.3 is 20.1 Å². The first-order chi connectivity index (χ1) is 10.4. The zero-order chi connectivity index (χ0) is 14.1. The van der Waals surface area contributed by atoms with Crippen LogP contribution in [0.5, 0.6) is 11.5 Å². The highest BCUT2D eigenvalue weighted by atomic mass is 16.7. The third-order valence-electron chi connectivity index (χ3n) is 4.21. The Kier molecular flexibility index (Phi) is 3.27. The molecule has 2 N–H and O–H groups in total. The summed E-state index contributed by atoms with van der Waals surface area (Å²) in [5.41, 5.74) is 0. The molecule has 0 saturated carbocycles. The van der Waals surface area contributed by atoms with Crippen LogP contribution in [0.15, 0.2) is 24.4 Å². The maximum absolute atomic E-state index is 5.46. The van der Waals surface area contributed by atoms with E-state index in [0.717, 1.165) is 47.6 Å². The Morgan fingerprint density at radius 2 is 2.19 bits per heavy atom. The summed E-state index contributed by atoms with van der Waals surface area (Å²) in [4.78, 5) is 4.47. The Balaban J connectivity index is 1.53. The van der Waals surface area contributed by atoms with Crippen molar-refractivity contribution >= 4 is 16.6 Å². The zero-order valence-electron chi connectivity index (χ0n) is 11.9. The van der Waals surface area contributed by atoms with Gasteiger partial charge in [-0.3, -0.25) is 0 Å². The summed E-state index contributed by atoms with van der Waals surface area (Å²) < 4.78 is 10.9. The second-order valence-corrected chi connectivity index (χ2v) is 5.59. The van der Waals surface area contributed by atoms with Gasteiger partial charge in [0, 0.05) is 24.2 Å². The number of ether oxygens (including phenoxy) is 2. The van der Waals surface area contributed by atoms with Gasteiger partial charge in [-0.2, -0.15) is 0 Å². The summed E-state index contributed by atoms with van der Waals surface area (Å²) in [5, 5.41) is 9.18. The van der Waals surface area contributed by atoms with Gasteiger partial charge in [0.05, 0.1) is 0 Å². The fraction of sp³-hybridized carbons (Fsp3) is 0.438. The molecule has 0 aliphatic carbocycles. The molecule has 1 aromatic heterocycles. The van der Waals surface area contributed by atoms with E-state index in [4.69, 9.17) is 9.47 Å². The first-order valence-corrected chi connectivity index (χ1v) is 7.56. The van der Waals surface area contributed by atoms with Crippen molar-refractivity contribution in [2.75, 3.05) is 25.2 Å². The topological polar surface area (TPSA) is 55.4 Å². The van der Waals surface area contributed by atoms with Crippen molar-refractivity contribution in [2.45, 2.75) is 25.3 Å². The van der Waals surface area contributed by atoms with Crippen molar-refractivity contribution in [1.29, 1.82) is 0 Å². The molecule has 5 nitrogen and oxygen atoms in total. The maximum Gasteiger partial charge on any atom is 0.231 e. The van der Waals surface area contributed by atoms with Gasteiger partial charge in [0.2, 0.25) is 6.79 Å². The van der Waals surface area contributed by atoms with Gasteiger partial charge in [-0.25, -0.2) is 4.98 Å². The van der Waals surface area contributed by atoms with Crippen molar-refractivity contribution < 1.29 is 9.47 Å². The minimum atomic E-state index is 0.301. The third kappa shape index (κ3) is 2.49. The minimum absolute atomic E-state index is 0.301. The Morgan fingerprint density at radius 3 is 3.05 bits per heavy atom. The first kappa shape index (κ1) is 12.7. The van der Waals surface area contributed by atoms with E-state index in [1.54, 1.807) is 0 Å². The normalized spacial score (nSPS) is 20.1. The van der Waals surface area contributed by atoms with Crippen molar-refractivity contribution in [1.82, 2.24) is 10.3 Å². The van der Waals surface area contributed by atoms with Gasteiger partial charge in [0.1, 0.15) is 5.82 Å². The quantitative estimate of drug-likeness (QED) is 0.904. The van der Waals surface area contributed by atoms with Crippen LogP contribution in [0.25, 0.3) is 10.8 Å². The molecule has 4 rings (SSSR count). The van der Waals surface area contributed by atoms with Crippen LogP contribution in [0.4, 0.5) is 5.82 Å². The average molecular weight is 285 g/mol. The fourth-order valence-electron chi connectivity index (χ4n) is 3.07. The lowest BCUT2D eigenvalue weighted by Gasteiger charge is -2.12. The number of aromatic nitrogens is 1. The number of nitrogens with zero attached hydrogens (tertiary/aromatic N) is 1. The van der Waals surface area contributed by atoms with E-state index < -0.39 is 0 Å². The standard InChI is InChI=1S/C16H19N3O2/c1-2-12(17-5-1)4-7-19-16-13-9-15-14(20-10-21-15)8-11(13)3-6-18-16/h3,6,8-9,12,17H,1-2,4-5,7,10H2,(H,18,19). The second-order valence-electron chi connectivity index (χ2n) is 5.59. The molecule has 21 heavy (non-hydrogen) atoms. The molecular formula is C16H19N3O2. The summed E-state index contributed by atoms with van der Waals surface area (Å²) in [6, 6.07) is 6.68. The van der Waals surface area contributed by atoms with Crippen LogP contribution in [0, 0.1) is 0 Å². The first-order valence-electron chi connectivity index (χ1n) is 7.56. The summed E-state index contributed by atoms with van der Waals surface area (Å²) in [6.45, 7) is 2.38. The second kappa shape index (κ2) is 5.41. The Hall–Kier alpha value is -2.01. The molecule has 2 aliphatic heterocycles. The summed E-state index contributed by atoms with van der Waals surface area (Å²) in [5.74, 6) is 2.54.